The molecule has 0 unspecified atom stereocenters. The van der Waals surface area contributed by atoms with Gasteiger partial charge in [0, 0.05) is 13.2 Å². The van der Waals surface area contributed by atoms with Crippen molar-refractivity contribution in [2.45, 2.75) is 30.6 Å². The van der Waals surface area contributed by atoms with Crippen LogP contribution >= 0.6 is 0 Å². The SMILES string of the molecule is COc1ccc(S(=O)(=O)NCCC2CC2)c(CCO)c1. The van der Waals surface area contributed by atoms with Crippen molar-refractivity contribution >= 4 is 10.0 Å². The molecular formula is C14H21NO4S. The summed E-state index contributed by atoms with van der Waals surface area (Å²) in [6.07, 6.45) is 3.60. The van der Waals surface area contributed by atoms with Gasteiger partial charge < -0.3 is 9.84 Å². The van der Waals surface area contributed by atoms with Gasteiger partial charge >= 0.3 is 0 Å². The smallest absolute Gasteiger partial charge is 0.240 e. The van der Waals surface area contributed by atoms with Crippen molar-refractivity contribution in [2.75, 3.05) is 20.3 Å². The first-order valence-electron chi connectivity index (χ1n) is 6.84. The summed E-state index contributed by atoms with van der Waals surface area (Å²) in [6, 6.07) is 4.81. The van der Waals surface area contributed by atoms with Gasteiger partial charge in [-0.3, -0.25) is 0 Å². The predicted molar refractivity (Wildman–Crippen MR) is 76.3 cm³/mol. The third-order valence-corrected chi connectivity index (χ3v) is 5.04. The summed E-state index contributed by atoms with van der Waals surface area (Å²) < 4.78 is 32.3. The van der Waals surface area contributed by atoms with Crippen molar-refractivity contribution in [1.82, 2.24) is 4.72 Å². The van der Waals surface area contributed by atoms with E-state index in [2.05, 4.69) is 4.72 Å². The minimum atomic E-state index is -3.52. The van der Waals surface area contributed by atoms with E-state index in [1.165, 1.54) is 26.0 Å². The number of sulfonamides is 1. The average molecular weight is 299 g/mol. The molecule has 0 radical (unpaired) electrons. The van der Waals surface area contributed by atoms with Crippen molar-refractivity contribution in [3.8, 4) is 5.75 Å². The summed E-state index contributed by atoms with van der Waals surface area (Å²) in [5, 5.41) is 9.07. The second-order valence-electron chi connectivity index (χ2n) is 5.08. The van der Waals surface area contributed by atoms with E-state index in [0.29, 0.717) is 23.8 Å². The van der Waals surface area contributed by atoms with Gasteiger partial charge in [-0.25, -0.2) is 13.1 Å². The molecule has 0 aromatic heterocycles. The standard InChI is InChI=1S/C14H21NO4S/c1-19-13-4-5-14(12(10-13)7-9-16)20(17,18)15-8-6-11-2-3-11/h4-5,10-11,15-16H,2-3,6-9H2,1H3. The summed E-state index contributed by atoms with van der Waals surface area (Å²) in [7, 11) is -1.99. The molecule has 0 heterocycles. The molecule has 0 spiro atoms. The molecule has 1 aliphatic carbocycles. The molecule has 1 saturated carbocycles. The van der Waals surface area contributed by atoms with E-state index in [4.69, 9.17) is 9.84 Å². The van der Waals surface area contributed by atoms with Crippen LogP contribution in [-0.4, -0.2) is 33.8 Å². The molecule has 2 rings (SSSR count). The van der Waals surface area contributed by atoms with E-state index in [0.717, 1.165) is 6.42 Å². The Morgan fingerprint density at radius 2 is 2.15 bits per heavy atom. The summed E-state index contributed by atoms with van der Waals surface area (Å²) in [5.41, 5.74) is 0.575. The summed E-state index contributed by atoms with van der Waals surface area (Å²) >= 11 is 0. The fourth-order valence-corrected chi connectivity index (χ4v) is 3.44. The Kier molecular flexibility index (Phi) is 5.01. The molecule has 20 heavy (non-hydrogen) atoms. The van der Waals surface area contributed by atoms with Crippen LogP contribution in [0, 0.1) is 5.92 Å². The fraction of sp³-hybridized carbons (Fsp3) is 0.571. The number of ether oxygens (including phenoxy) is 1. The lowest BCUT2D eigenvalue weighted by Gasteiger charge is -2.12. The van der Waals surface area contributed by atoms with E-state index in [1.807, 2.05) is 0 Å². The number of hydrogen-bond donors (Lipinski definition) is 2. The number of aliphatic hydroxyl groups is 1. The van der Waals surface area contributed by atoms with Crippen LogP contribution in [0.5, 0.6) is 5.75 Å². The van der Waals surface area contributed by atoms with Gasteiger partial charge in [-0.05, 0) is 42.5 Å². The number of nitrogens with one attached hydrogen (secondary N) is 1. The molecule has 1 aromatic rings. The van der Waals surface area contributed by atoms with E-state index in [1.54, 1.807) is 12.1 Å². The quantitative estimate of drug-likeness (QED) is 0.759. The van der Waals surface area contributed by atoms with Crippen molar-refractivity contribution in [3.63, 3.8) is 0 Å². The van der Waals surface area contributed by atoms with Crippen molar-refractivity contribution < 1.29 is 18.3 Å². The fourth-order valence-electron chi connectivity index (χ4n) is 2.14. The molecule has 1 aliphatic rings. The topological polar surface area (TPSA) is 75.6 Å². The van der Waals surface area contributed by atoms with Crippen molar-refractivity contribution in [3.05, 3.63) is 23.8 Å². The van der Waals surface area contributed by atoms with Crippen LogP contribution in [0.25, 0.3) is 0 Å². The Balaban J connectivity index is 2.15. The number of benzene rings is 1. The molecule has 1 fully saturated rings. The molecule has 112 valence electrons. The van der Waals surface area contributed by atoms with E-state index in [9.17, 15) is 8.42 Å². The first kappa shape index (κ1) is 15.3. The second kappa shape index (κ2) is 6.56. The lowest BCUT2D eigenvalue weighted by atomic mass is 10.1. The molecule has 0 bridgehead atoms. The lowest BCUT2D eigenvalue weighted by Crippen LogP contribution is -2.26. The first-order valence-corrected chi connectivity index (χ1v) is 8.32. The highest BCUT2D eigenvalue weighted by Crippen LogP contribution is 2.32. The Labute approximate surface area is 120 Å². The highest BCUT2D eigenvalue weighted by Gasteiger charge is 2.23. The maximum Gasteiger partial charge on any atom is 0.240 e. The zero-order valence-electron chi connectivity index (χ0n) is 11.6. The molecule has 5 nitrogen and oxygen atoms in total. The second-order valence-corrected chi connectivity index (χ2v) is 6.81. The van der Waals surface area contributed by atoms with Gasteiger partial charge in [0.2, 0.25) is 10.0 Å². The van der Waals surface area contributed by atoms with Crippen LogP contribution in [-0.2, 0) is 16.4 Å². The molecule has 2 N–H and O–H groups in total. The maximum absolute atomic E-state index is 12.3. The van der Waals surface area contributed by atoms with Gasteiger partial charge in [-0.2, -0.15) is 0 Å². The van der Waals surface area contributed by atoms with Gasteiger partial charge in [0.15, 0.2) is 0 Å². The van der Waals surface area contributed by atoms with Gasteiger partial charge in [-0.1, -0.05) is 12.8 Å². The number of hydrogen-bond acceptors (Lipinski definition) is 4. The normalized spacial score (nSPS) is 15.3. The minimum Gasteiger partial charge on any atom is -0.497 e. The highest BCUT2D eigenvalue weighted by atomic mass is 32.2. The average Bonchev–Trinajstić information content (AvgIpc) is 3.22. The van der Waals surface area contributed by atoms with Crippen molar-refractivity contribution in [2.24, 2.45) is 5.92 Å². The molecular weight excluding hydrogens is 278 g/mol. The summed E-state index contributed by atoms with van der Waals surface area (Å²) in [4.78, 5) is 0.225. The Morgan fingerprint density at radius 1 is 1.40 bits per heavy atom. The van der Waals surface area contributed by atoms with E-state index in [-0.39, 0.29) is 17.9 Å². The maximum atomic E-state index is 12.3. The highest BCUT2D eigenvalue weighted by molar-refractivity contribution is 7.89. The third-order valence-electron chi connectivity index (χ3n) is 3.48. The number of aliphatic hydroxyl groups excluding tert-OH is 1. The van der Waals surface area contributed by atoms with Crippen LogP contribution in [0.3, 0.4) is 0 Å². The van der Waals surface area contributed by atoms with Crippen LogP contribution < -0.4 is 9.46 Å². The largest absolute Gasteiger partial charge is 0.497 e. The molecule has 0 atom stereocenters. The monoisotopic (exact) mass is 299 g/mol. The Hall–Kier alpha value is -1.11. The van der Waals surface area contributed by atoms with E-state index >= 15 is 0 Å². The molecule has 0 amide bonds. The van der Waals surface area contributed by atoms with Gasteiger partial charge in [0.1, 0.15) is 5.75 Å². The molecule has 6 heteroatoms. The van der Waals surface area contributed by atoms with Crippen LogP contribution in [0.2, 0.25) is 0 Å². The summed E-state index contributed by atoms with van der Waals surface area (Å²) in [5.74, 6) is 1.27. The van der Waals surface area contributed by atoms with Gasteiger partial charge in [0.05, 0.1) is 12.0 Å². The van der Waals surface area contributed by atoms with Crippen LogP contribution in [0.4, 0.5) is 0 Å². The summed E-state index contributed by atoms with van der Waals surface area (Å²) in [6.45, 7) is 0.370. The molecule has 1 aromatic carbocycles. The first-order chi connectivity index (χ1) is 9.56. The number of rotatable bonds is 8. The zero-order chi connectivity index (χ0) is 14.6. The Bertz CT molecular complexity index is 552. The van der Waals surface area contributed by atoms with Crippen LogP contribution in [0.1, 0.15) is 24.8 Å². The minimum absolute atomic E-state index is 0.0994. The van der Waals surface area contributed by atoms with Gasteiger partial charge in [0.25, 0.3) is 0 Å². The molecule has 0 aliphatic heterocycles. The van der Waals surface area contributed by atoms with Crippen molar-refractivity contribution in [1.29, 1.82) is 0 Å². The predicted octanol–water partition coefficient (Wildman–Crippen LogP) is 1.31. The third kappa shape index (κ3) is 3.94. The van der Waals surface area contributed by atoms with E-state index < -0.39 is 10.0 Å². The lowest BCUT2D eigenvalue weighted by molar-refractivity contribution is 0.298. The van der Waals surface area contributed by atoms with Gasteiger partial charge in [-0.15, -0.1) is 0 Å². The zero-order valence-corrected chi connectivity index (χ0v) is 12.4. The Morgan fingerprint density at radius 3 is 2.75 bits per heavy atom. The van der Waals surface area contributed by atoms with Crippen LogP contribution in [0.15, 0.2) is 23.1 Å². The number of methoxy groups -OCH3 is 1. The molecule has 0 saturated heterocycles.